The average Bonchev–Trinajstić information content (AvgIpc) is 2.74. The van der Waals surface area contributed by atoms with Crippen molar-refractivity contribution in [1.82, 2.24) is 4.31 Å². The van der Waals surface area contributed by atoms with Crippen LogP contribution in [0.3, 0.4) is 0 Å². The molecule has 1 fully saturated rings. The van der Waals surface area contributed by atoms with E-state index < -0.39 is 34.0 Å². The number of alkyl halides is 3. The Balaban J connectivity index is 1.76. The van der Waals surface area contributed by atoms with Gasteiger partial charge in [-0.25, -0.2) is 8.42 Å². The van der Waals surface area contributed by atoms with Crippen LogP contribution in [-0.2, 0) is 14.8 Å². The minimum atomic E-state index is -4.81. The molecule has 0 spiro atoms. The van der Waals surface area contributed by atoms with Crippen molar-refractivity contribution in [3.05, 3.63) is 72.1 Å². The van der Waals surface area contributed by atoms with Crippen LogP contribution < -0.4 is 10.1 Å². The highest BCUT2D eigenvalue weighted by Gasteiger charge is 2.36. The van der Waals surface area contributed by atoms with Crippen molar-refractivity contribution in [3.8, 4) is 5.75 Å². The number of carbonyl (C=O) groups is 1. The van der Waals surface area contributed by atoms with Crippen molar-refractivity contribution in [2.75, 3.05) is 18.4 Å². The largest absolute Gasteiger partial charge is 0.573 e. The third-order valence-electron chi connectivity index (χ3n) is 4.98. The first-order valence-electron chi connectivity index (χ1n) is 9.41. The van der Waals surface area contributed by atoms with Crippen molar-refractivity contribution in [3.63, 3.8) is 0 Å². The number of piperidine rings is 1. The lowest BCUT2D eigenvalue weighted by atomic mass is 9.85. The van der Waals surface area contributed by atoms with E-state index in [1.54, 1.807) is 0 Å². The van der Waals surface area contributed by atoms with Gasteiger partial charge < -0.3 is 10.1 Å². The molecule has 0 radical (unpaired) electrons. The number of anilines is 1. The Morgan fingerprint density at radius 2 is 1.74 bits per heavy atom. The molecule has 1 heterocycles. The summed E-state index contributed by atoms with van der Waals surface area (Å²) >= 11 is 0. The molecule has 2 atom stereocenters. The number of ether oxygens (including phenoxy) is 1. The SMILES string of the molecule is C=CS(=O)(=O)N1C[C@H](C(=O)Nc2ccc(OC(F)(F)F)cc2)C[C@@H](c2ccccc2)C1. The van der Waals surface area contributed by atoms with E-state index in [4.69, 9.17) is 0 Å². The summed E-state index contributed by atoms with van der Waals surface area (Å²) in [6.45, 7) is 3.57. The molecule has 1 aliphatic heterocycles. The molecule has 0 aromatic heterocycles. The van der Waals surface area contributed by atoms with Gasteiger partial charge in [0.15, 0.2) is 0 Å². The van der Waals surface area contributed by atoms with Gasteiger partial charge in [0.25, 0.3) is 0 Å². The van der Waals surface area contributed by atoms with E-state index in [9.17, 15) is 26.4 Å². The van der Waals surface area contributed by atoms with Crippen molar-refractivity contribution in [2.45, 2.75) is 18.7 Å². The fraction of sp³-hybridized carbons (Fsp3) is 0.286. The molecular weight excluding hydrogens is 433 g/mol. The van der Waals surface area contributed by atoms with Gasteiger partial charge in [-0.05, 0) is 42.2 Å². The summed E-state index contributed by atoms with van der Waals surface area (Å²) in [6, 6.07) is 14.0. The Morgan fingerprint density at radius 3 is 2.32 bits per heavy atom. The number of sulfonamides is 1. The van der Waals surface area contributed by atoms with Gasteiger partial charge in [-0.1, -0.05) is 36.9 Å². The molecule has 0 saturated carbocycles. The van der Waals surface area contributed by atoms with Gasteiger partial charge in [0.2, 0.25) is 15.9 Å². The van der Waals surface area contributed by atoms with Crippen LogP contribution in [0.4, 0.5) is 18.9 Å². The molecule has 0 bridgehead atoms. The van der Waals surface area contributed by atoms with E-state index in [-0.39, 0.29) is 24.7 Å². The van der Waals surface area contributed by atoms with Gasteiger partial charge in [-0.15, -0.1) is 13.2 Å². The highest BCUT2D eigenvalue weighted by Crippen LogP contribution is 2.33. The van der Waals surface area contributed by atoms with Crippen LogP contribution in [-0.4, -0.2) is 38.1 Å². The Kier molecular flexibility index (Phi) is 6.71. The van der Waals surface area contributed by atoms with Crippen LogP contribution in [0.25, 0.3) is 0 Å². The van der Waals surface area contributed by atoms with Crippen LogP contribution in [0.15, 0.2) is 66.6 Å². The maximum Gasteiger partial charge on any atom is 0.573 e. The first-order chi connectivity index (χ1) is 14.6. The molecule has 0 unspecified atom stereocenters. The number of rotatable bonds is 6. The smallest absolute Gasteiger partial charge is 0.406 e. The zero-order chi connectivity index (χ0) is 22.6. The summed E-state index contributed by atoms with van der Waals surface area (Å²) in [5.41, 5.74) is 1.19. The topological polar surface area (TPSA) is 75.7 Å². The zero-order valence-corrected chi connectivity index (χ0v) is 17.2. The van der Waals surface area contributed by atoms with E-state index in [1.165, 1.54) is 16.4 Å². The predicted molar refractivity (Wildman–Crippen MR) is 110 cm³/mol. The Hall–Kier alpha value is -2.85. The van der Waals surface area contributed by atoms with Crippen molar-refractivity contribution in [2.24, 2.45) is 5.92 Å². The van der Waals surface area contributed by atoms with E-state index >= 15 is 0 Å². The van der Waals surface area contributed by atoms with E-state index in [0.29, 0.717) is 6.42 Å². The van der Waals surface area contributed by atoms with Crippen LogP contribution >= 0.6 is 0 Å². The minimum absolute atomic E-state index is 0.0151. The van der Waals surface area contributed by atoms with Crippen molar-refractivity contribution < 1.29 is 31.1 Å². The van der Waals surface area contributed by atoms with Crippen molar-refractivity contribution >= 4 is 21.6 Å². The second-order valence-electron chi connectivity index (χ2n) is 7.13. The average molecular weight is 454 g/mol. The monoisotopic (exact) mass is 454 g/mol. The van der Waals surface area contributed by atoms with Crippen LogP contribution in [0, 0.1) is 5.92 Å². The molecule has 1 aliphatic rings. The van der Waals surface area contributed by atoms with Gasteiger partial charge in [0.1, 0.15) is 5.75 Å². The molecule has 3 rings (SSSR count). The third-order valence-corrected chi connectivity index (χ3v) is 6.42. The van der Waals surface area contributed by atoms with Gasteiger partial charge in [-0.3, -0.25) is 4.79 Å². The molecule has 6 nitrogen and oxygen atoms in total. The zero-order valence-electron chi connectivity index (χ0n) is 16.4. The molecule has 1 N–H and O–H groups in total. The van der Waals surface area contributed by atoms with Crippen LogP contribution in [0.1, 0.15) is 17.9 Å². The van der Waals surface area contributed by atoms with Gasteiger partial charge >= 0.3 is 6.36 Å². The van der Waals surface area contributed by atoms with Crippen LogP contribution in [0.2, 0.25) is 0 Å². The third kappa shape index (κ3) is 6.08. The second-order valence-corrected chi connectivity index (χ2v) is 9.01. The summed E-state index contributed by atoms with van der Waals surface area (Å²) in [5.74, 6) is -1.67. The lowest BCUT2D eigenvalue weighted by molar-refractivity contribution is -0.274. The van der Waals surface area contributed by atoms with Gasteiger partial charge in [0.05, 0.1) is 5.92 Å². The molecule has 31 heavy (non-hydrogen) atoms. The summed E-state index contributed by atoms with van der Waals surface area (Å²) in [6.07, 6.45) is -4.38. The molecular formula is C21H21F3N2O4S. The van der Waals surface area contributed by atoms with Gasteiger partial charge in [0, 0.05) is 24.2 Å². The summed E-state index contributed by atoms with van der Waals surface area (Å²) in [4.78, 5) is 12.8. The summed E-state index contributed by atoms with van der Waals surface area (Å²) < 4.78 is 66.6. The highest BCUT2D eigenvalue weighted by molar-refractivity contribution is 7.92. The molecule has 10 heteroatoms. The molecule has 166 valence electrons. The van der Waals surface area contributed by atoms with E-state index in [0.717, 1.165) is 23.1 Å². The maximum absolute atomic E-state index is 12.8. The number of amides is 1. The highest BCUT2D eigenvalue weighted by atomic mass is 32.2. The number of halogens is 3. The number of nitrogens with one attached hydrogen (secondary N) is 1. The lowest BCUT2D eigenvalue weighted by Crippen LogP contribution is -2.46. The minimum Gasteiger partial charge on any atom is -0.406 e. The van der Waals surface area contributed by atoms with Crippen molar-refractivity contribution in [1.29, 1.82) is 0 Å². The second kappa shape index (κ2) is 9.11. The standard InChI is InChI=1S/C21H21F3N2O4S/c1-2-31(28,29)26-13-16(15-6-4-3-5-7-15)12-17(14-26)20(27)25-18-8-10-19(11-9-18)30-21(22,23)24/h2-11,16-17H,1,12-14H2,(H,25,27)/t16-,17-/m1/s1. The first kappa shape index (κ1) is 22.8. The Morgan fingerprint density at radius 1 is 1.10 bits per heavy atom. The number of benzene rings is 2. The molecule has 1 saturated heterocycles. The first-order valence-corrected chi connectivity index (χ1v) is 10.9. The number of nitrogens with zero attached hydrogens (tertiary/aromatic N) is 1. The fourth-order valence-electron chi connectivity index (χ4n) is 3.51. The lowest BCUT2D eigenvalue weighted by Gasteiger charge is -2.36. The molecule has 2 aromatic rings. The van der Waals surface area contributed by atoms with E-state index in [2.05, 4.69) is 16.6 Å². The number of hydrogen-bond donors (Lipinski definition) is 1. The Labute approximate surface area is 178 Å². The maximum atomic E-state index is 12.8. The van der Waals surface area contributed by atoms with E-state index in [1.807, 2.05) is 30.3 Å². The molecule has 1 amide bonds. The quantitative estimate of drug-likeness (QED) is 0.713. The normalized spacial score (nSPS) is 20.1. The van der Waals surface area contributed by atoms with Crippen LogP contribution in [0.5, 0.6) is 5.75 Å². The molecule has 0 aliphatic carbocycles. The molecule has 2 aromatic carbocycles. The number of carbonyl (C=O) groups excluding carboxylic acids is 1. The summed E-state index contributed by atoms with van der Waals surface area (Å²) in [5, 5.41) is 3.50. The van der Waals surface area contributed by atoms with Gasteiger partial charge in [-0.2, -0.15) is 4.31 Å². The number of hydrogen-bond acceptors (Lipinski definition) is 4. The predicted octanol–water partition coefficient (Wildman–Crippen LogP) is 4.10. The fourth-order valence-corrected chi connectivity index (χ4v) is 4.50. The summed E-state index contributed by atoms with van der Waals surface area (Å²) in [7, 11) is -3.73. The Bertz CT molecular complexity index is 1020.